The fraction of sp³-hybridized carbons (Fsp3) is 0.321. The maximum Gasteiger partial charge on any atom is 0.238 e. The maximum atomic E-state index is 11.2. The smallest absolute Gasteiger partial charge is 0.238 e. The van der Waals surface area contributed by atoms with Crippen molar-refractivity contribution < 1.29 is 18.3 Å². The average Bonchev–Trinajstić information content (AvgIpc) is 2.92. The molecule has 3 fully saturated rings. The Balaban J connectivity index is 0.000000214. The molecular weight excluding hydrogens is 474 g/mol. The van der Waals surface area contributed by atoms with Crippen LogP contribution < -0.4 is 9.88 Å². The van der Waals surface area contributed by atoms with Gasteiger partial charge in [-0.15, -0.1) is 6.58 Å². The van der Waals surface area contributed by atoms with Gasteiger partial charge in [0.2, 0.25) is 10.0 Å². The fourth-order valence-corrected chi connectivity index (χ4v) is 5.75. The molecular formula is C28H33N3O4S. The Labute approximate surface area is 213 Å². The number of methoxy groups -OCH3 is 1. The molecule has 0 radical (unpaired) electrons. The minimum Gasteiger partial charge on any atom is -0.497 e. The minimum absolute atomic E-state index is 0.119. The van der Waals surface area contributed by atoms with Gasteiger partial charge in [0, 0.05) is 24.2 Å². The second kappa shape index (κ2) is 10.9. The third-order valence-electron chi connectivity index (χ3n) is 7.26. The summed E-state index contributed by atoms with van der Waals surface area (Å²) in [5.41, 5.74) is 2.71. The SMILES string of the molecule is C=C[C@H]1CN2CC[C@H]1C[C@H]2[C@H](O)c1ccnc2ccc(OC)cc12.C=Cc1ccc(S(N)(=O)=O)cc1. The van der Waals surface area contributed by atoms with Crippen molar-refractivity contribution in [2.24, 2.45) is 17.0 Å². The molecule has 6 rings (SSSR count). The van der Waals surface area contributed by atoms with Gasteiger partial charge in [-0.25, -0.2) is 13.6 Å². The number of sulfonamides is 1. The molecule has 4 heterocycles. The molecule has 0 spiro atoms. The van der Waals surface area contributed by atoms with Crippen LogP contribution in [0.1, 0.15) is 30.1 Å². The zero-order chi connectivity index (χ0) is 25.9. The normalized spacial score (nSPS) is 23.9. The number of nitrogens with two attached hydrogens (primary N) is 1. The molecule has 36 heavy (non-hydrogen) atoms. The van der Waals surface area contributed by atoms with Crippen LogP contribution >= 0.6 is 0 Å². The number of ether oxygens (including phenoxy) is 1. The number of primary sulfonamides is 1. The highest BCUT2D eigenvalue weighted by atomic mass is 32.2. The summed E-state index contributed by atoms with van der Waals surface area (Å²) in [6.07, 6.45) is 7.25. The van der Waals surface area contributed by atoms with E-state index >= 15 is 0 Å². The Morgan fingerprint density at radius 3 is 2.53 bits per heavy atom. The van der Waals surface area contributed by atoms with Gasteiger partial charge < -0.3 is 9.84 Å². The van der Waals surface area contributed by atoms with Crippen molar-refractivity contribution in [3.8, 4) is 5.75 Å². The van der Waals surface area contributed by atoms with E-state index in [1.54, 1.807) is 31.5 Å². The zero-order valence-electron chi connectivity index (χ0n) is 20.5. The van der Waals surface area contributed by atoms with E-state index in [0.29, 0.717) is 11.8 Å². The first-order valence-corrected chi connectivity index (χ1v) is 13.5. The number of pyridine rings is 1. The van der Waals surface area contributed by atoms with Crippen LogP contribution in [0.5, 0.6) is 5.75 Å². The number of benzene rings is 2. The molecule has 3 aliphatic rings. The first kappa shape index (κ1) is 26.0. The molecule has 3 aromatic rings. The second-order valence-electron chi connectivity index (χ2n) is 9.29. The van der Waals surface area contributed by atoms with E-state index in [-0.39, 0.29) is 10.9 Å². The summed E-state index contributed by atoms with van der Waals surface area (Å²) >= 11 is 0. The van der Waals surface area contributed by atoms with Crippen molar-refractivity contribution in [2.75, 3.05) is 20.2 Å². The lowest BCUT2D eigenvalue weighted by molar-refractivity contribution is -0.0444. The quantitative estimate of drug-likeness (QED) is 0.486. The van der Waals surface area contributed by atoms with E-state index in [4.69, 9.17) is 9.88 Å². The summed E-state index contributed by atoms with van der Waals surface area (Å²) < 4.78 is 26.9. The molecule has 0 aliphatic carbocycles. The van der Waals surface area contributed by atoms with Crippen LogP contribution in [0, 0.1) is 11.8 Å². The Morgan fingerprint density at radius 1 is 1.19 bits per heavy atom. The molecule has 3 saturated heterocycles. The molecule has 7 nitrogen and oxygen atoms in total. The van der Waals surface area contributed by atoms with Crippen LogP contribution in [-0.4, -0.2) is 49.6 Å². The molecule has 2 aromatic carbocycles. The largest absolute Gasteiger partial charge is 0.497 e. The molecule has 190 valence electrons. The fourth-order valence-electron chi connectivity index (χ4n) is 5.24. The molecule has 3 aliphatic heterocycles. The molecule has 3 N–H and O–H groups in total. The minimum atomic E-state index is -3.56. The lowest BCUT2D eigenvalue weighted by atomic mass is 9.73. The van der Waals surface area contributed by atoms with Crippen molar-refractivity contribution >= 4 is 27.0 Å². The highest BCUT2D eigenvalue weighted by molar-refractivity contribution is 7.89. The van der Waals surface area contributed by atoms with Crippen LogP contribution in [0.15, 0.2) is 78.9 Å². The summed E-state index contributed by atoms with van der Waals surface area (Å²) in [7, 11) is -1.90. The van der Waals surface area contributed by atoms with Gasteiger partial charge in [0.15, 0.2) is 0 Å². The van der Waals surface area contributed by atoms with Crippen molar-refractivity contribution in [1.29, 1.82) is 0 Å². The highest BCUT2D eigenvalue weighted by Crippen LogP contribution is 2.42. The summed E-state index contributed by atoms with van der Waals surface area (Å²) in [5, 5.41) is 17.0. The molecule has 2 bridgehead atoms. The van der Waals surface area contributed by atoms with Gasteiger partial charge in [0.05, 0.1) is 23.6 Å². The first-order valence-electron chi connectivity index (χ1n) is 12.0. The zero-order valence-corrected chi connectivity index (χ0v) is 21.3. The number of fused-ring (bicyclic) bond motifs is 4. The van der Waals surface area contributed by atoms with Crippen molar-refractivity contribution in [3.63, 3.8) is 0 Å². The van der Waals surface area contributed by atoms with Crippen molar-refractivity contribution in [1.82, 2.24) is 9.88 Å². The van der Waals surface area contributed by atoms with Gasteiger partial charge in [-0.2, -0.15) is 0 Å². The Bertz CT molecular complexity index is 1340. The number of nitrogens with zero attached hydrogens (tertiary/aromatic N) is 2. The molecule has 1 aromatic heterocycles. The lowest BCUT2D eigenvalue weighted by Crippen LogP contribution is -2.54. The number of aliphatic hydroxyl groups is 1. The van der Waals surface area contributed by atoms with E-state index in [1.807, 2.05) is 24.3 Å². The third-order valence-corrected chi connectivity index (χ3v) is 8.19. The van der Waals surface area contributed by atoms with Gasteiger partial charge in [0.25, 0.3) is 0 Å². The summed E-state index contributed by atoms with van der Waals surface area (Å²) in [6, 6.07) is 14.2. The van der Waals surface area contributed by atoms with Gasteiger partial charge in [0.1, 0.15) is 5.75 Å². The van der Waals surface area contributed by atoms with Crippen LogP contribution in [0.2, 0.25) is 0 Å². The van der Waals surface area contributed by atoms with Crippen LogP contribution in [0.3, 0.4) is 0 Å². The molecule has 1 unspecified atom stereocenters. The monoisotopic (exact) mass is 507 g/mol. The van der Waals surface area contributed by atoms with Gasteiger partial charge >= 0.3 is 0 Å². The number of aliphatic hydroxyl groups excluding tert-OH is 1. The van der Waals surface area contributed by atoms with Crippen molar-refractivity contribution in [2.45, 2.75) is 29.9 Å². The van der Waals surface area contributed by atoms with E-state index in [9.17, 15) is 13.5 Å². The Hall–Kier alpha value is -3.04. The van der Waals surface area contributed by atoms with Crippen molar-refractivity contribution in [3.05, 3.63) is 85.1 Å². The number of aromatic nitrogens is 1. The predicted octanol–water partition coefficient (Wildman–Crippen LogP) is 4.15. The lowest BCUT2D eigenvalue weighted by Gasteiger charge is -2.50. The average molecular weight is 508 g/mol. The third kappa shape index (κ3) is 5.52. The van der Waals surface area contributed by atoms with Crippen LogP contribution in [-0.2, 0) is 10.0 Å². The Morgan fingerprint density at radius 2 is 1.94 bits per heavy atom. The first-order chi connectivity index (χ1) is 17.2. The number of hydrogen-bond donors (Lipinski definition) is 2. The van der Waals surface area contributed by atoms with Gasteiger partial charge in [-0.1, -0.05) is 30.9 Å². The Kier molecular flexibility index (Phi) is 7.90. The van der Waals surface area contributed by atoms with E-state index in [1.165, 1.54) is 18.6 Å². The van der Waals surface area contributed by atoms with Gasteiger partial charge in [-0.05, 0) is 78.7 Å². The number of rotatable bonds is 6. The summed E-state index contributed by atoms with van der Waals surface area (Å²) in [6.45, 7) is 9.61. The predicted molar refractivity (Wildman–Crippen MR) is 143 cm³/mol. The van der Waals surface area contributed by atoms with E-state index in [0.717, 1.165) is 47.3 Å². The maximum absolute atomic E-state index is 11.2. The summed E-state index contributed by atoms with van der Waals surface area (Å²) in [5.74, 6) is 2.01. The molecule has 0 amide bonds. The molecule has 0 saturated carbocycles. The number of piperidine rings is 3. The van der Waals surface area contributed by atoms with E-state index in [2.05, 4.69) is 29.1 Å². The highest BCUT2D eigenvalue weighted by Gasteiger charge is 2.42. The topological polar surface area (TPSA) is 106 Å². The second-order valence-corrected chi connectivity index (χ2v) is 10.9. The standard InChI is InChI=1S/C20H24N2O2.C8H9NO2S/c1-3-13-12-22-9-7-14(13)10-19(22)20(23)16-6-8-21-18-5-4-15(24-2)11-17(16)18;1-2-7-3-5-8(6-4-7)12(9,10)11/h3-6,8,11,13-14,19-20,23H,1,7,9-10,12H2,2H3;2-6H,1H2,(H2,9,10,11)/t13-,14-,19-,20+;/m0./s1. The molecule has 5 atom stereocenters. The van der Waals surface area contributed by atoms with Crippen LogP contribution in [0.25, 0.3) is 17.0 Å². The van der Waals surface area contributed by atoms with Gasteiger partial charge in [-0.3, -0.25) is 9.88 Å². The van der Waals surface area contributed by atoms with E-state index < -0.39 is 16.1 Å². The number of hydrogen-bond acceptors (Lipinski definition) is 6. The molecule has 8 heteroatoms. The van der Waals surface area contributed by atoms with Crippen LogP contribution in [0.4, 0.5) is 0 Å². The summed E-state index contributed by atoms with van der Waals surface area (Å²) in [4.78, 5) is 6.98.